The molecule has 2 aromatic heterocycles. The van der Waals surface area contributed by atoms with E-state index in [2.05, 4.69) is 4.98 Å². The van der Waals surface area contributed by atoms with Crippen molar-refractivity contribution in [2.75, 3.05) is 0 Å². The Hall–Kier alpha value is -1.35. The Balaban J connectivity index is 2.37. The summed E-state index contributed by atoms with van der Waals surface area (Å²) in [4.78, 5) is 16.2. The van der Waals surface area contributed by atoms with Crippen molar-refractivity contribution in [2.45, 2.75) is 0 Å². The van der Waals surface area contributed by atoms with E-state index in [9.17, 15) is 4.79 Å². The second-order valence-corrected chi connectivity index (χ2v) is 5.93. The van der Waals surface area contributed by atoms with Crippen molar-refractivity contribution in [1.82, 2.24) is 8.55 Å². The first-order valence-corrected chi connectivity index (χ1v) is 6.98. The molecule has 2 heterocycles. The quantitative estimate of drug-likeness (QED) is 0.645. The van der Waals surface area contributed by atoms with Crippen molar-refractivity contribution in [2.24, 2.45) is 0 Å². The molecule has 5 heteroatoms. The normalized spacial score (nSPS) is 10.9. The summed E-state index contributed by atoms with van der Waals surface area (Å²) in [5.41, 5.74) is 0.834. The van der Waals surface area contributed by atoms with E-state index < -0.39 is 0 Å². The summed E-state index contributed by atoms with van der Waals surface area (Å²) in [6.45, 7) is 0. The minimum atomic E-state index is -0.103. The number of pyridine rings is 1. The van der Waals surface area contributed by atoms with Gasteiger partial charge in [0, 0.05) is 0 Å². The van der Waals surface area contributed by atoms with Crippen LogP contribution in [0.1, 0.15) is 0 Å². The molecule has 84 valence electrons. The molecular formula is C12H7ClN2OSe. The van der Waals surface area contributed by atoms with Crippen LogP contribution in [0.25, 0.3) is 15.3 Å². The molecule has 0 aliphatic rings. The van der Waals surface area contributed by atoms with Gasteiger partial charge < -0.3 is 0 Å². The SMILES string of the molecule is O=c1c2cccc(Cl)c2[se]n1-c1cccnc1. The van der Waals surface area contributed by atoms with Gasteiger partial charge in [0.1, 0.15) is 0 Å². The van der Waals surface area contributed by atoms with Gasteiger partial charge in [0.15, 0.2) is 0 Å². The molecule has 3 rings (SSSR count). The zero-order chi connectivity index (χ0) is 11.8. The predicted molar refractivity (Wildman–Crippen MR) is 69.3 cm³/mol. The number of hydrogen-bond donors (Lipinski definition) is 0. The Morgan fingerprint density at radius 3 is 2.82 bits per heavy atom. The molecular weight excluding hydrogens is 303 g/mol. The third kappa shape index (κ3) is 1.75. The standard InChI is InChI=1S/C12H7ClN2OSe/c13-10-5-1-4-9-11(10)17-15(12(9)16)8-3-2-6-14-7-8/h1-7H. The number of benzene rings is 1. The number of rotatable bonds is 1. The molecule has 0 aliphatic heterocycles. The van der Waals surface area contributed by atoms with Crippen molar-refractivity contribution < 1.29 is 0 Å². The van der Waals surface area contributed by atoms with Gasteiger partial charge in [0.25, 0.3) is 0 Å². The predicted octanol–water partition coefficient (Wildman–Crippen LogP) is 2.10. The number of fused-ring (bicyclic) bond motifs is 1. The van der Waals surface area contributed by atoms with E-state index in [4.69, 9.17) is 11.6 Å². The van der Waals surface area contributed by atoms with Crippen LogP contribution < -0.4 is 5.56 Å². The Kier molecular flexibility index (Phi) is 2.63. The maximum absolute atomic E-state index is 12.2. The van der Waals surface area contributed by atoms with Crippen LogP contribution in [0.5, 0.6) is 0 Å². The van der Waals surface area contributed by atoms with E-state index in [1.165, 1.54) is 0 Å². The van der Waals surface area contributed by atoms with Gasteiger partial charge in [-0.15, -0.1) is 0 Å². The number of nitrogens with zero attached hydrogens (tertiary/aromatic N) is 2. The summed E-state index contributed by atoms with van der Waals surface area (Å²) >= 11 is 6.01. The third-order valence-corrected chi connectivity index (χ3v) is 5.49. The molecule has 0 bridgehead atoms. The summed E-state index contributed by atoms with van der Waals surface area (Å²) in [5.74, 6) is 0. The first-order chi connectivity index (χ1) is 8.27. The molecule has 0 radical (unpaired) electrons. The van der Waals surface area contributed by atoms with E-state index in [0.717, 1.165) is 9.95 Å². The van der Waals surface area contributed by atoms with E-state index in [-0.39, 0.29) is 20.3 Å². The molecule has 3 nitrogen and oxygen atoms in total. The molecule has 0 saturated heterocycles. The zero-order valence-corrected chi connectivity index (χ0v) is 11.1. The van der Waals surface area contributed by atoms with Gasteiger partial charge >= 0.3 is 108 Å². The van der Waals surface area contributed by atoms with Gasteiger partial charge in [-0.3, -0.25) is 0 Å². The van der Waals surface area contributed by atoms with Crippen LogP contribution in [0.3, 0.4) is 0 Å². The fourth-order valence-corrected chi connectivity index (χ4v) is 4.08. The maximum atomic E-state index is 12.2. The summed E-state index contributed by atoms with van der Waals surface area (Å²) < 4.78 is 2.70. The van der Waals surface area contributed by atoms with Crippen LogP contribution in [-0.4, -0.2) is 23.3 Å². The molecule has 0 N–H and O–H groups in total. The Labute approximate surface area is 108 Å². The first-order valence-electron chi connectivity index (χ1n) is 4.98. The number of halogens is 1. The Morgan fingerprint density at radius 1 is 1.24 bits per heavy atom. The average molecular weight is 310 g/mol. The van der Waals surface area contributed by atoms with Crippen LogP contribution in [0, 0.1) is 0 Å². The Bertz CT molecular complexity index is 733. The van der Waals surface area contributed by atoms with Crippen molar-refractivity contribution >= 4 is 36.0 Å². The monoisotopic (exact) mass is 310 g/mol. The van der Waals surface area contributed by atoms with Crippen LogP contribution in [-0.2, 0) is 0 Å². The molecule has 0 amide bonds. The van der Waals surface area contributed by atoms with Gasteiger partial charge in [0.05, 0.1) is 0 Å². The first kappa shape index (κ1) is 10.8. The van der Waals surface area contributed by atoms with Crippen LogP contribution in [0.4, 0.5) is 0 Å². The van der Waals surface area contributed by atoms with Gasteiger partial charge in [-0.05, 0) is 0 Å². The summed E-state index contributed by atoms with van der Waals surface area (Å²) in [6.07, 6.45) is 3.39. The fraction of sp³-hybridized carbons (Fsp3) is 0. The number of hydrogen-bond acceptors (Lipinski definition) is 2. The second-order valence-electron chi connectivity index (χ2n) is 3.52. The minimum absolute atomic E-state index is 0.00972. The van der Waals surface area contributed by atoms with Crippen LogP contribution in [0.15, 0.2) is 47.5 Å². The van der Waals surface area contributed by atoms with E-state index in [1.807, 2.05) is 30.3 Å². The second kappa shape index (κ2) is 4.15. The van der Waals surface area contributed by atoms with Crippen molar-refractivity contribution in [1.29, 1.82) is 0 Å². The molecule has 3 aromatic rings. The molecule has 1 aromatic carbocycles. The van der Waals surface area contributed by atoms with Gasteiger partial charge in [-0.25, -0.2) is 0 Å². The van der Waals surface area contributed by atoms with Crippen molar-refractivity contribution in [3.63, 3.8) is 0 Å². The van der Waals surface area contributed by atoms with E-state index in [0.29, 0.717) is 10.4 Å². The molecule has 0 fully saturated rings. The molecule has 17 heavy (non-hydrogen) atoms. The summed E-state index contributed by atoms with van der Waals surface area (Å²) in [6, 6.07) is 9.15. The molecule has 0 unspecified atom stereocenters. The van der Waals surface area contributed by atoms with Gasteiger partial charge in [-0.2, -0.15) is 0 Å². The zero-order valence-electron chi connectivity index (χ0n) is 8.63. The molecule has 0 saturated carbocycles. The molecule has 0 atom stereocenters. The van der Waals surface area contributed by atoms with Crippen molar-refractivity contribution in [3.05, 3.63) is 58.1 Å². The summed E-state index contributed by atoms with van der Waals surface area (Å²) in [5, 5.41) is 1.38. The van der Waals surface area contributed by atoms with E-state index in [1.54, 1.807) is 16.0 Å². The molecule has 0 spiro atoms. The topological polar surface area (TPSA) is 34.9 Å². The summed E-state index contributed by atoms with van der Waals surface area (Å²) in [7, 11) is 0. The van der Waals surface area contributed by atoms with Crippen molar-refractivity contribution in [3.8, 4) is 5.69 Å². The number of aromatic nitrogens is 2. The molecule has 0 aliphatic carbocycles. The van der Waals surface area contributed by atoms with Crippen LogP contribution >= 0.6 is 11.6 Å². The van der Waals surface area contributed by atoms with Gasteiger partial charge in [0.2, 0.25) is 0 Å². The van der Waals surface area contributed by atoms with Crippen LogP contribution in [0.2, 0.25) is 5.02 Å². The fourth-order valence-electron chi connectivity index (χ4n) is 1.66. The third-order valence-electron chi connectivity index (χ3n) is 2.44. The Morgan fingerprint density at radius 2 is 2.12 bits per heavy atom. The average Bonchev–Trinajstić information content (AvgIpc) is 2.70. The van der Waals surface area contributed by atoms with E-state index >= 15 is 0 Å². The van der Waals surface area contributed by atoms with Gasteiger partial charge in [-0.1, -0.05) is 0 Å².